The number of esters is 1. The van der Waals surface area contributed by atoms with Crippen LogP contribution in [-0.2, 0) is 9.53 Å². The number of benzene rings is 1. The molecule has 2 N–H and O–H groups in total. The normalized spacial score (nSPS) is 12.7. The Morgan fingerprint density at radius 1 is 1.03 bits per heavy atom. The number of carbonyl (C=O) groups is 2. The lowest BCUT2D eigenvalue weighted by Crippen LogP contribution is -2.39. The Kier molecular flexibility index (Phi) is 8.82. The Labute approximate surface area is 211 Å². The van der Waals surface area contributed by atoms with Crippen LogP contribution in [0, 0.1) is 12.8 Å². The summed E-state index contributed by atoms with van der Waals surface area (Å²) in [5.41, 5.74) is 4.42. The molecule has 0 saturated heterocycles. The first-order chi connectivity index (χ1) is 16.7. The Balaban J connectivity index is 1.77. The molecule has 1 amide bonds. The molecule has 2 heterocycles. The van der Waals surface area contributed by atoms with Gasteiger partial charge in [0.25, 0.3) is 5.91 Å². The van der Waals surface area contributed by atoms with Crippen molar-refractivity contribution < 1.29 is 14.3 Å². The molecular formula is C27H31ClN4O3. The van der Waals surface area contributed by atoms with Crippen LogP contribution in [-0.4, -0.2) is 35.0 Å². The van der Waals surface area contributed by atoms with E-state index in [0.717, 1.165) is 28.8 Å². The summed E-state index contributed by atoms with van der Waals surface area (Å²) in [5, 5.41) is 6.77. The van der Waals surface area contributed by atoms with E-state index in [-0.39, 0.29) is 6.04 Å². The highest BCUT2D eigenvalue weighted by atomic mass is 35.5. The first kappa shape index (κ1) is 26.2. The van der Waals surface area contributed by atoms with E-state index in [9.17, 15) is 9.59 Å². The van der Waals surface area contributed by atoms with Crippen LogP contribution < -0.4 is 10.6 Å². The number of ether oxygens (including phenoxy) is 1. The van der Waals surface area contributed by atoms with E-state index in [1.165, 1.54) is 13.3 Å². The Morgan fingerprint density at radius 2 is 1.74 bits per heavy atom. The predicted molar refractivity (Wildman–Crippen MR) is 138 cm³/mol. The van der Waals surface area contributed by atoms with Crippen LogP contribution >= 0.6 is 11.6 Å². The number of carbonyl (C=O) groups excluding carboxylic acids is 2. The Hall–Kier alpha value is -3.45. The number of hydrogen-bond acceptors (Lipinski definition) is 6. The van der Waals surface area contributed by atoms with E-state index in [1.807, 2.05) is 37.4 Å². The molecule has 0 bridgehead atoms. The van der Waals surface area contributed by atoms with Gasteiger partial charge in [-0.05, 0) is 61.6 Å². The number of aryl methyl sites for hydroxylation is 1. The lowest BCUT2D eigenvalue weighted by Gasteiger charge is -2.22. The van der Waals surface area contributed by atoms with Crippen LogP contribution in [0.4, 0.5) is 5.82 Å². The van der Waals surface area contributed by atoms with E-state index in [4.69, 9.17) is 16.6 Å². The zero-order chi connectivity index (χ0) is 25.5. The highest BCUT2D eigenvalue weighted by molar-refractivity contribution is 6.30. The summed E-state index contributed by atoms with van der Waals surface area (Å²) < 4.78 is 4.64. The van der Waals surface area contributed by atoms with E-state index < -0.39 is 17.9 Å². The molecule has 3 rings (SSSR count). The van der Waals surface area contributed by atoms with Crippen LogP contribution in [0.25, 0.3) is 11.3 Å². The van der Waals surface area contributed by atoms with Gasteiger partial charge in [-0.3, -0.25) is 9.78 Å². The van der Waals surface area contributed by atoms with Crippen molar-refractivity contribution in [2.24, 2.45) is 5.92 Å². The molecule has 2 unspecified atom stereocenters. The summed E-state index contributed by atoms with van der Waals surface area (Å²) >= 11 is 6.02. The molecule has 3 aromatic rings. The van der Waals surface area contributed by atoms with Crippen molar-refractivity contribution in [3.8, 4) is 11.3 Å². The highest BCUT2D eigenvalue weighted by Gasteiger charge is 2.19. The van der Waals surface area contributed by atoms with E-state index in [2.05, 4.69) is 40.3 Å². The molecule has 0 aliphatic rings. The summed E-state index contributed by atoms with van der Waals surface area (Å²) in [6, 6.07) is 12.5. The van der Waals surface area contributed by atoms with Gasteiger partial charge >= 0.3 is 5.97 Å². The fourth-order valence-corrected chi connectivity index (χ4v) is 3.88. The van der Waals surface area contributed by atoms with Crippen molar-refractivity contribution in [3.63, 3.8) is 0 Å². The van der Waals surface area contributed by atoms with Gasteiger partial charge in [-0.15, -0.1) is 0 Å². The summed E-state index contributed by atoms with van der Waals surface area (Å²) in [6.07, 6.45) is 4.26. The number of nitrogens with one attached hydrogen (secondary N) is 2. The van der Waals surface area contributed by atoms with Crippen molar-refractivity contribution in [2.45, 2.75) is 46.2 Å². The van der Waals surface area contributed by atoms with Gasteiger partial charge < -0.3 is 15.4 Å². The third kappa shape index (κ3) is 7.02. The molecule has 1 aromatic carbocycles. The van der Waals surface area contributed by atoms with Gasteiger partial charge in [0.1, 0.15) is 11.9 Å². The number of hydrogen-bond donors (Lipinski definition) is 2. The van der Waals surface area contributed by atoms with Gasteiger partial charge in [0.15, 0.2) is 0 Å². The van der Waals surface area contributed by atoms with Gasteiger partial charge in [0.05, 0.1) is 24.4 Å². The lowest BCUT2D eigenvalue weighted by molar-refractivity contribution is -0.142. The molecule has 2 aromatic heterocycles. The van der Waals surface area contributed by atoms with Gasteiger partial charge in [-0.25, -0.2) is 9.78 Å². The Bertz CT molecular complexity index is 1160. The molecule has 0 fully saturated rings. The van der Waals surface area contributed by atoms with Gasteiger partial charge in [0.2, 0.25) is 0 Å². The molecule has 0 radical (unpaired) electrons. The third-order valence-electron chi connectivity index (χ3n) is 5.58. The summed E-state index contributed by atoms with van der Waals surface area (Å²) in [4.78, 5) is 33.1. The molecule has 0 spiro atoms. The van der Waals surface area contributed by atoms with Crippen LogP contribution in [0.3, 0.4) is 0 Å². The first-order valence-corrected chi connectivity index (χ1v) is 11.9. The zero-order valence-electron chi connectivity index (χ0n) is 20.6. The molecule has 8 heteroatoms. The monoisotopic (exact) mass is 494 g/mol. The first-order valence-electron chi connectivity index (χ1n) is 11.5. The largest absolute Gasteiger partial charge is 0.467 e. The summed E-state index contributed by atoms with van der Waals surface area (Å²) in [7, 11) is 1.28. The second-order valence-electron chi connectivity index (χ2n) is 8.92. The number of aromatic nitrogens is 2. The third-order valence-corrected chi connectivity index (χ3v) is 5.83. The average Bonchev–Trinajstić information content (AvgIpc) is 2.83. The zero-order valence-corrected chi connectivity index (χ0v) is 21.4. The number of nitrogens with zero attached hydrogens (tertiary/aromatic N) is 2. The Morgan fingerprint density at radius 3 is 2.31 bits per heavy atom. The quantitative estimate of drug-likeness (QED) is 0.376. The topological polar surface area (TPSA) is 93.2 Å². The number of methoxy groups -OCH3 is 1. The van der Waals surface area contributed by atoms with Crippen LogP contribution in [0.1, 0.15) is 54.7 Å². The van der Waals surface area contributed by atoms with Gasteiger partial charge in [-0.1, -0.05) is 43.6 Å². The number of rotatable bonds is 9. The standard InChI is InChI=1S/C27H31ClN4O3/c1-16(2)12-23(21-13-17(3)25(30-15-21)19-6-9-22(28)10-7-19)32-24-11-8-20(14-29-24)26(33)31-18(4)27(34)35-5/h6-11,13-16,18,23H,12H2,1-5H3,(H,29,32)(H,31,33). The SMILES string of the molecule is COC(=O)C(C)NC(=O)c1ccc(NC(CC(C)C)c2cnc(-c3ccc(Cl)cc3)c(C)c2)nc1. The molecule has 2 atom stereocenters. The van der Waals surface area contributed by atoms with Crippen LogP contribution in [0.2, 0.25) is 5.02 Å². The van der Waals surface area contributed by atoms with Crippen molar-refractivity contribution >= 4 is 29.3 Å². The predicted octanol–water partition coefficient (Wildman–Crippen LogP) is 5.60. The minimum atomic E-state index is -0.743. The molecule has 0 aliphatic carbocycles. The smallest absolute Gasteiger partial charge is 0.328 e. The maximum atomic E-state index is 12.4. The average molecular weight is 495 g/mol. The molecule has 0 aliphatic heterocycles. The van der Waals surface area contributed by atoms with E-state index in [0.29, 0.717) is 22.3 Å². The molecule has 184 valence electrons. The number of pyridine rings is 2. The highest BCUT2D eigenvalue weighted by Crippen LogP contribution is 2.29. The van der Waals surface area contributed by atoms with Crippen molar-refractivity contribution in [3.05, 3.63) is 76.6 Å². The van der Waals surface area contributed by atoms with Gasteiger partial charge in [-0.2, -0.15) is 0 Å². The van der Waals surface area contributed by atoms with Crippen LogP contribution in [0.5, 0.6) is 0 Å². The maximum Gasteiger partial charge on any atom is 0.328 e. The fraction of sp³-hybridized carbons (Fsp3) is 0.333. The number of anilines is 1. The number of halogens is 1. The maximum absolute atomic E-state index is 12.4. The van der Waals surface area contributed by atoms with Crippen molar-refractivity contribution in [2.75, 3.05) is 12.4 Å². The van der Waals surface area contributed by atoms with Gasteiger partial charge in [0, 0.05) is 23.0 Å². The van der Waals surface area contributed by atoms with Crippen molar-refractivity contribution in [1.82, 2.24) is 15.3 Å². The minimum Gasteiger partial charge on any atom is -0.467 e. The summed E-state index contributed by atoms with van der Waals surface area (Å²) in [6.45, 7) is 7.95. The number of amides is 1. The van der Waals surface area contributed by atoms with Crippen LogP contribution in [0.15, 0.2) is 54.9 Å². The minimum absolute atomic E-state index is 0.00742. The summed E-state index contributed by atoms with van der Waals surface area (Å²) in [5.74, 6) is 0.187. The lowest BCUT2D eigenvalue weighted by atomic mass is 9.96. The molecule has 7 nitrogen and oxygen atoms in total. The van der Waals surface area contributed by atoms with Crippen molar-refractivity contribution in [1.29, 1.82) is 0 Å². The second-order valence-corrected chi connectivity index (χ2v) is 9.35. The second kappa shape index (κ2) is 11.8. The van der Waals surface area contributed by atoms with E-state index >= 15 is 0 Å². The molecular weight excluding hydrogens is 464 g/mol. The molecule has 35 heavy (non-hydrogen) atoms. The van der Waals surface area contributed by atoms with E-state index in [1.54, 1.807) is 19.1 Å². The fourth-order valence-electron chi connectivity index (χ4n) is 3.75. The molecule has 0 saturated carbocycles.